The van der Waals surface area contributed by atoms with Crippen molar-refractivity contribution in [2.75, 3.05) is 13.7 Å². The molecule has 4 rings (SSSR count). The molecule has 0 radical (unpaired) electrons. The molecule has 1 aliphatic heterocycles. The fraction of sp³-hybridized carbons (Fsp3) is 0.348. The molecule has 1 aliphatic carbocycles. The smallest absolute Gasteiger partial charge is 0.329 e. The molecule has 2 aromatic rings. The van der Waals surface area contributed by atoms with E-state index in [9.17, 15) is 19.5 Å². The third-order valence-corrected chi connectivity index (χ3v) is 5.95. The van der Waals surface area contributed by atoms with Crippen LogP contribution in [0.15, 0.2) is 48.5 Å². The van der Waals surface area contributed by atoms with Crippen molar-refractivity contribution in [3.63, 3.8) is 0 Å². The summed E-state index contributed by atoms with van der Waals surface area (Å²) in [6, 6.07) is 13.8. The largest absolute Gasteiger partial charge is 0.467 e. The van der Waals surface area contributed by atoms with Crippen molar-refractivity contribution in [3.8, 4) is 11.1 Å². The maximum Gasteiger partial charge on any atom is 0.329 e. The molecule has 0 bridgehead atoms. The summed E-state index contributed by atoms with van der Waals surface area (Å²) < 4.78 is 5.03. The third-order valence-electron chi connectivity index (χ3n) is 5.95. The molecule has 2 N–H and O–H groups in total. The number of benzene rings is 2. The van der Waals surface area contributed by atoms with Gasteiger partial charge in [-0.15, -0.1) is 0 Å². The van der Waals surface area contributed by atoms with Crippen molar-refractivity contribution in [1.82, 2.24) is 10.2 Å². The predicted octanol–water partition coefficient (Wildman–Crippen LogP) is 1.44. The van der Waals surface area contributed by atoms with Crippen LogP contribution in [0.25, 0.3) is 11.1 Å². The highest BCUT2D eigenvalue weighted by molar-refractivity contribution is 5.93. The molecule has 1 saturated heterocycles. The number of hydrogen-bond donors (Lipinski definition) is 2. The van der Waals surface area contributed by atoms with E-state index in [-0.39, 0.29) is 18.9 Å². The number of rotatable bonds is 4. The molecule has 0 aromatic heterocycles. The molecule has 2 aromatic carbocycles. The lowest BCUT2D eigenvalue weighted by atomic mass is 9.89. The molecule has 0 spiro atoms. The predicted molar refractivity (Wildman–Crippen MR) is 109 cm³/mol. The van der Waals surface area contributed by atoms with Crippen molar-refractivity contribution >= 4 is 17.8 Å². The third kappa shape index (κ3) is 3.35. The number of nitrogens with one attached hydrogen (secondary N) is 1. The molecule has 0 unspecified atom stereocenters. The summed E-state index contributed by atoms with van der Waals surface area (Å²) in [4.78, 5) is 39.1. The Morgan fingerprint density at radius 3 is 2.17 bits per heavy atom. The average Bonchev–Trinajstić information content (AvgIpc) is 3.30. The van der Waals surface area contributed by atoms with E-state index in [0.717, 1.165) is 22.3 Å². The summed E-state index contributed by atoms with van der Waals surface area (Å²) in [7, 11) is 1.29. The first-order valence-corrected chi connectivity index (χ1v) is 9.94. The number of hydrogen-bond acceptors (Lipinski definition) is 5. The first kappa shape index (κ1) is 20.1. The number of nitrogens with zero attached hydrogens (tertiary/aromatic N) is 1. The molecule has 30 heavy (non-hydrogen) atoms. The Morgan fingerprint density at radius 1 is 1.07 bits per heavy atom. The summed E-state index contributed by atoms with van der Waals surface area (Å²) in [6.45, 7) is 1.46. The zero-order valence-electron chi connectivity index (χ0n) is 16.9. The fourth-order valence-electron chi connectivity index (χ4n) is 4.62. The minimum atomic E-state index is -0.959. The summed E-state index contributed by atoms with van der Waals surface area (Å²) in [6.07, 6.45) is -0.633. The molecular weight excluding hydrogens is 384 g/mol. The Morgan fingerprint density at radius 2 is 1.63 bits per heavy atom. The monoisotopic (exact) mass is 408 g/mol. The molecule has 156 valence electrons. The van der Waals surface area contributed by atoms with Crippen LogP contribution in [-0.4, -0.2) is 59.6 Å². The van der Waals surface area contributed by atoms with Crippen LogP contribution >= 0.6 is 0 Å². The van der Waals surface area contributed by atoms with Gasteiger partial charge in [-0.2, -0.15) is 0 Å². The van der Waals surface area contributed by atoms with Gasteiger partial charge in [0.1, 0.15) is 12.1 Å². The van der Waals surface area contributed by atoms with Gasteiger partial charge in [0.2, 0.25) is 11.8 Å². The van der Waals surface area contributed by atoms with Crippen molar-refractivity contribution in [2.24, 2.45) is 0 Å². The van der Waals surface area contributed by atoms with E-state index < -0.39 is 36.0 Å². The van der Waals surface area contributed by atoms with Gasteiger partial charge in [0.05, 0.1) is 13.2 Å². The van der Waals surface area contributed by atoms with E-state index in [0.29, 0.717) is 0 Å². The van der Waals surface area contributed by atoms with Gasteiger partial charge in [0.15, 0.2) is 0 Å². The van der Waals surface area contributed by atoms with Gasteiger partial charge in [0.25, 0.3) is 0 Å². The van der Waals surface area contributed by atoms with Gasteiger partial charge in [-0.05, 0) is 22.3 Å². The van der Waals surface area contributed by atoms with Crippen molar-refractivity contribution in [3.05, 3.63) is 59.7 Å². The number of likely N-dealkylation sites (tertiary alicyclic amines) is 1. The molecule has 1 fully saturated rings. The van der Waals surface area contributed by atoms with Crippen LogP contribution in [0.5, 0.6) is 0 Å². The van der Waals surface area contributed by atoms with Crippen LogP contribution in [0, 0.1) is 0 Å². The number of fused-ring (bicyclic) bond motifs is 3. The molecule has 3 atom stereocenters. The van der Waals surface area contributed by atoms with E-state index >= 15 is 0 Å². The minimum Gasteiger partial charge on any atom is -0.467 e. The van der Waals surface area contributed by atoms with Gasteiger partial charge in [0, 0.05) is 25.8 Å². The minimum absolute atomic E-state index is 0.103. The zero-order chi connectivity index (χ0) is 21.4. The van der Waals surface area contributed by atoms with Gasteiger partial charge in [-0.1, -0.05) is 48.5 Å². The summed E-state index contributed by atoms with van der Waals surface area (Å²) in [5.74, 6) is -1.74. The standard InChI is InChI=1S/C23H24N2O5/c1-13(26)25-12-14(27)11-19(25)22(28)24-21(23(29)30-2)20-17-9-5-3-7-15(17)16-8-4-6-10-18(16)20/h3-10,14,19-21,27H,11-12H2,1-2H3,(H,24,28)/t14-,19+,21+/m1/s1. The molecule has 7 heteroatoms. The van der Waals surface area contributed by atoms with E-state index in [2.05, 4.69) is 5.32 Å². The topological polar surface area (TPSA) is 95.9 Å². The van der Waals surface area contributed by atoms with E-state index in [1.165, 1.54) is 18.9 Å². The summed E-state index contributed by atoms with van der Waals surface area (Å²) in [5.41, 5.74) is 3.90. The molecule has 1 heterocycles. The Kier molecular flexibility index (Phi) is 5.30. The highest BCUT2D eigenvalue weighted by atomic mass is 16.5. The SMILES string of the molecule is COC(=O)[C@@H](NC(=O)[C@@H]1C[C@@H](O)CN1C(C)=O)C1c2ccccc2-c2ccccc21. The highest BCUT2D eigenvalue weighted by Gasteiger charge is 2.43. The van der Waals surface area contributed by atoms with Crippen molar-refractivity contribution in [1.29, 1.82) is 0 Å². The number of methoxy groups -OCH3 is 1. The Bertz CT molecular complexity index is 959. The van der Waals surface area contributed by atoms with Crippen LogP contribution in [0.2, 0.25) is 0 Å². The lowest BCUT2D eigenvalue weighted by Gasteiger charge is -2.28. The Balaban J connectivity index is 1.70. The number of carbonyl (C=O) groups is 3. The molecule has 2 aliphatic rings. The molecule has 0 saturated carbocycles. The second kappa shape index (κ2) is 7.91. The van der Waals surface area contributed by atoms with Crippen LogP contribution < -0.4 is 5.32 Å². The van der Waals surface area contributed by atoms with Crippen LogP contribution in [0.1, 0.15) is 30.4 Å². The first-order chi connectivity index (χ1) is 14.4. The lowest BCUT2D eigenvalue weighted by molar-refractivity contribution is -0.146. The van der Waals surface area contributed by atoms with Gasteiger partial charge in [-0.3, -0.25) is 9.59 Å². The van der Waals surface area contributed by atoms with Crippen molar-refractivity contribution in [2.45, 2.75) is 37.5 Å². The second-order valence-electron chi connectivity index (χ2n) is 7.74. The number of ether oxygens (including phenoxy) is 1. The normalized spacial score (nSPS) is 21.0. The lowest BCUT2D eigenvalue weighted by Crippen LogP contribution is -2.52. The van der Waals surface area contributed by atoms with E-state index in [4.69, 9.17) is 4.74 Å². The number of esters is 1. The highest BCUT2D eigenvalue weighted by Crippen LogP contribution is 2.46. The number of aliphatic hydroxyl groups is 1. The number of carbonyl (C=O) groups excluding carboxylic acids is 3. The van der Waals surface area contributed by atoms with Gasteiger partial charge in [-0.25, -0.2) is 4.79 Å². The maximum atomic E-state index is 13.1. The van der Waals surface area contributed by atoms with E-state index in [1.54, 1.807) is 0 Å². The molecule has 2 amide bonds. The summed E-state index contributed by atoms with van der Waals surface area (Å²) in [5, 5.41) is 12.8. The summed E-state index contributed by atoms with van der Waals surface area (Å²) >= 11 is 0. The van der Waals surface area contributed by atoms with Crippen LogP contribution in [0.3, 0.4) is 0 Å². The van der Waals surface area contributed by atoms with Gasteiger partial charge < -0.3 is 20.1 Å². The Hall–Kier alpha value is -3.19. The first-order valence-electron chi connectivity index (χ1n) is 9.94. The second-order valence-corrected chi connectivity index (χ2v) is 7.74. The number of aliphatic hydroxyl groups excluding tert-OH is 1. The van der Waals surface area contributed by atoms with Crippen LogP contribution in [-0.2, 0) is 19.1 Å². The van der Waals surface area contributed by atoms with E-state index in [1.807, 2.05) is 48.5 Å². The fourth-order valence-corrected chi connectivity index (χ4v) is 4.62. The Labute approximate surface area is 174 Å². The zero-order valence-corrected chi connectivity index (χ0v) is 16.9. The van der Waals surface area contributed by atoms with Gasteiger partial charge >= 0.3 is 5.97 Å². The van der Waals surface area contributed by atoms with Crippen LogP contribution in [0.4, 0.5) is 0 Å². The number of β-amino-alcohol motifs (C(OH)–C–C–N with tert-alkyl or cyclic N) is 1. The quantitative estimate of drug-likeness (QED) is 0.747. The average molecular weight is 408 g/mol. The molecule has 7 nitrogen and oxygen atoms in total. The molecular formula is C23H24N2O5. The van der Waals surface area contributed by atoms with Crippen molar-refractivity contribution < 1.29 is 24.2 Å². The maximum absolute atomic E-state index is 13.1. The number of amides is 2.